The minimum atomic E-state index is 0.600. The van der Waals surface area contributed by atoms with Gasteiger partial charge in [-0.15, -0.1) is 11.3 Å². The summed E-state index contributed by atoms with van der Waals surface area (Å²) in [5, 5.41) is 9.75. The topological polar surface area (TPSA) is 62.7 Å². The maximum atomic E-state index is 9.11. The molecule has 0 saturated heterocycles. The molecule has 0 unspecified atom stereocenters. The van der Waals surface area contributed by atoms with Gasteiger partial charge in [-0.2, -0.15) is 5.26 Å². The number of hydrogen-bond acceptors (Lipinski definition) is 4. The second-order valence-corrected chi connectivity index (χ2v) is 5.70. The number of anilines is 1. The minimum absolute atomic E-state index is 0.600. The third-order valence-electron chi connectivity index (χ3n) is 3.20. The molecule has 0 bridgehead atoms. The summed E-state index contributed by atoms with van der Waals surface area (Å²) in [6.07, 6.45) is 3.20. The molecule has 1 aliphatic carbocycles. The Balaban J connectivity index is 1.95. The van der Waals surface area contributed by atoms with E-state index in [2.05, 4.69) is 11.1 Å². The summed E-state index contributed by atoms with van der Waals surface area (Å²) in [5.41, 5.74) is 8.77. The Morgan fingerprint density at radius 2 is 2.17 bits per heavy atom. The van der Waals surface area contributed by atoms with Crippen LogP contribution in [0.25, 0.3) is 0 Å². The summed E-state index contributed by atoms with van der Waals surface area (Å²) < 4.78 is 0. The second kappa shape index (κ2) is 4.43. The Morgan fingerprint density at radius 3 is 2.89 bits per heavy atom. The van der Waals surface area contributed by atoms with Gasteiger partial charge in [0, 0.05) is 17.2 Å². The zero-order valence-corrected chi connectivity index (χ0v) is 10.7. The lowest BCUT2D eigenvalue weighted by Crippen LogP contribution is -1.94. The monoisotopic (exact) mass is 255 g/mol. The summed E-state index contributed by atoms with van der Waals surface area (Å²) in [6.45, 7) is 0. The average Bonchev–Trinajstić information content (AvgIpc) is 3.15. The molecule has 90 valence electrons. The molecule has 0 aliphatic heterocycles. The van der Waals surface area contributed by atoms with Gasteiger partial charge in [-0.05, 0) is 24.5 Å². The number of nitriles is 1. The Hall–Kier alpha value is -1.86. The van der Waals surface area contributed by atoms with Crippen molar-refractivity contribution in [2.45, 2.75) is 25.2 Å². The number of nitrogens with zero attached hydrogens (tertiary/aromatic N) is 2. The standard InChI is InChI=1S/C14H13N3S/c15-8-11-4-2-1-3-10(11)7-12-13(9-5-6-9)17-14(16)18-12/h1-4,9H,5-7H2,(H2,16,17). The lowest BCUT2D eigenvalue weighted by molar-refractivity contribution is 1.01. The summed E-state index contributed by atoms with van der Waals surface area (Å²) in [7, 11) is 0. The third kappa shape index (κ3) is 2.09. The van der Waals surface area contributed by atoms with Crippen molar-refractivity contribution in [1.82, 2.24) is 4.98 Å². The first kappa shape index (κ1) is 11.2. The molecule has 1 aromatic heterocycles. The van der Waals surface area contributed by atoms with Gasteiger partial charge in [-0.1, -0.05) is 18.2 Å². The van der Waals surface area contributed by atoms with Crippen LogP contribution in [-0.2, 0) is 6.42 Å². The zero-order chi connectivity index (χ0) is 12.5. The third-order valence-corrected chi connectivity index (χ3v) is 4.10. The Morgan fingerprint density at radius 1 is 1.39 bits per heavy atom. The molecule has 0 spiro atoms. The number of nitrogens with two attached hydrogens (primary N) is 1. The van der Waals surface area contributed by atoms with Gasteiger partial charge < -0.3 is 5.73 Å². The Bertz CT molecular complexity index is 620. The molecule has 0 atom stereocenters. The van der Waals surface area contributed by atoms with Crippen LogP contribution < -0.4 is 5.73 Å². The Kier molecular flexibility index (Phi) is 2.77. The highest BCUT2D eigenvalue weighted by Crippen LogP contribution is 2.43. The van der Waals surface area contributed by atoms with E-state index in [1.807, 2.05) is 24.3 Å². The summed E-state index contributed by atoms with van der Waals surface area (Å²) >= 11 is 1.55. The Labute approximate surface area is 110 Å². The van der Waals surface area contributed by atoms with Crippen molar-refractivity contribution in [1.29, 1.82) is 5.26 Å². The summed E-state index contributed by atoms with van der Waals surface area (Å²) in [5.74, 6) is 0.600. The van der Waals surface area contributed by atoms with Crippen LogP contribution in [0.4, 0.5) is 5.13 Å². The fourth-order valence-corrected chi connectivity index (χ4v) is 3.08. The molecule has 1 heterocycles. The van der Waals surface area contributed by atoms with Gasteiger partial charge >= 0.3 is 0 Å². The molecule has 1 aromatic carbocycles. The molecule has 2 N–H and O–H groups in total. The first-order chi connectivity index (χ1) is 8.78. The molecule has 1 aliphatic rings. The van der Waals surface area contributed by atoms with Gasteiger partial charge in [0.2, 0.25) is 0 Å². The van der Waals surface area contributed by atoms with E-state index >= 15 is 0 Å². The van der Waals surface area contributed by atoms with Crippen LogP contribution in [0.15, 0.2) is 24.3 Å². The fourth-order valence-electron chi connectivity index (χ4n) is 2.14. The molecule has 18 heavy (non-hydrogen) atoms. The van der Waals surface area contributed by atoms with Crippen molar-refractivity contribution in [2.75, 3.05) is 5.73 Å². The largest absolute Gasteiger partial charge is 0.375 e. The van der Waals surface area contributed by atoms with Crippen LogP contribution in [0.1, 0.15) is 40.5 Å². The molecule has 1 saturated carbocycles. The van der Waals surface area contributed by atoms with Crippen LogP contribution in [0.3, 0.4) is 0 Å². The SMILES string of the molecule is N#Cc1ccccc1Cc1sc(N)nc1C1CC1. The van der Waals surface area contributed by atoms with Crippen molar-refractivity contribution >= 4 is 16.5 Å². The highest BCUT2D eigenvalue weighted by molar-refractivity contribution is 7.15. The normalized spacial score (nSPS) is 14.4. The molecule has 0 radical (unpaired) electrons. The molecular formula is C14H13N3S. The van der Waals surface area contributed by atoms with Gasteiger partial charge in [-0.25, -0.2) is 4.98 Å². The predicted octanol–water partition coefficient (Wildman–Crippen LogP) is 3.07. The number of thiazole rings is 1. The van der Waals surface area contributed by atoms with Crippen molar-refractivity contribution in [3.63, 3.8) is 0 Å². The van der Waals surface area contributed by atoms with E-state index < -0.39 is 0 Å². The molecular weight excluding hydrogens is 242 g/mol. The first-order valence-corrected chi connectivity index (χ1v) is 6.82. The average molecular weight is 255 g/mol. The number of aromatic nitrogens is 1. The zero-order valence-electron chi connectivity index (χ0n) is 9.89. The van der Waals surface area contributed by atoms with Crippen molar-refractivity contribution in [2.24, 2.45) is 0 Å². The number of benzene rings is 1. The summed E-state index contributed by atoms with van der Waals surface area (Å²) in [4.78, 5) is 5.66. The van der Waals surface area contributed by atoms with E-state index in [1.165, 1.54) is 17.7 Å². The van der Waals surface area contributed by atoms with Crippen LogP contribution in [0.2, 0.25) is 0 Å². The highest BCUT2D eigenvalue weighted by Gasteiger charge is 2.29. The lowest BCUT2D eigenvalue weighted by atomic mass is 10.0. The molecule has 0 amide bonds. The maximum Gasteiger partial charge on any atom is 0.180 e. The molecule has 2 aromatic rings. The molecule has 3 rings (SSSR count). The van der Waals surface area contributed by atoms with E-state index in [4.69, 9.17) is 11.0 Å². The van der Waals surface area contributed by atoms with Gasteiger partial charge in [-0.3, -0.25) is 0 Å². The van der Waals surface area contributed by atoms with E-state index in [0.717, 1.165) is 23.2 Å². The van der Waals surface area contributed by atoms with E-state index in [-0.39, 0.29) is 0 Å². The molecule has 3 nitrogen and oxygen atoms in total. The van der Waals surface area contributed by atoms with Gasteiger partial charge in [0.1, 0.15) is 0 Å². The van der Waals surface area contributed by atoms with Gasteiger partial charge in [0.05, 0.1) is 17.3 Å². The van der Waals surface area contributed by atoms with Crippen molar-refractivity contribution < 1.29 is 0 Å². The van der Waals surface area contributed by atoms with Crippen molar-refractivity contribution in [3.8, 4) is 6.07 Å². The maximum absolute atomic E-state index is 9.11. The number of rotatable bonds is 3. The van der Waals surface area contributed by atoms with Crippen LogP contribution >= 0.6 is 11.3 Å². The van der Waals surface area contributed by atoms with E-state index in [1.54, 1.807) is 11.3 Å². The smallest absolute Gasteiger partial charge is 0.180 e. The molecule has 1 fully saturated rings. The highest BCUT2D eigenvalue weighted by atomic mass is 32.1. The minimum Gasteiger partial charge on any atom is -0.375 e. The van der Waals surface area contributed by atoms with Gasteiger partial charge in [0.15, 0.2) is 5.13 Å². The van der Waals surface area contributed by atoms with Crippen LogP contribution in [0.5, 0.6) is 0 Å². The van der Waals surface area contributed by atoms with E-state index in [9.17, 15) is 0 Å². The molecule has 4 heteroatoms. The number of hydrogen-bond donors (Lipinski definition) is 1. The van der Waals surface area contributed by atoms with E-state index in [0.29, 0.717) is 11.0 Å². The predicted molar refractivity (Wildman–Crippen MR) is 72.5 cm³/mol. The van der Waals surface area contributed by atoms with Crippen molar-refractivity contribution in [3.05, 3.63) is 46.0 Å². The lowest BCUT2D eigenvalue weighted by Gasteiger charge is -2.03. The van der Waals surface area contributed by atoms with Crippen LogP contribution in [0, 0.1) is 11.3 Å². The quantitative estimate of drug-likeness (QED) is 0.916. The summed E-state index contributed by atoms with van der Waals surface area (Å²) in [6, 6.07) is 9.97. The fraction of sp³-hybridized carbons (Fsp3) is 0.286. The second-order valence-electron chi connectivity index (χ2n) is 4.58. The van der Waals surface area contributed by atoms with Gasteiger partial charge in [0.25, 0.3) is 0 Å². The van der Waals surface area contributed by atoms with Crippen LogP contribution in [-0.4, -0.2) is 4.98 Å². The first-order valence-electron chi connectivity index (χ1n) is 6.01. The number of nitrogen functional groups attached to an aromatic ring is 1.